The summed E-state index contributed by atoms with van der Waals surface area (Å²) in [6.07, 6.45) is -3.29. The van der Waals surface area contributed by atoms with E-state index in [1.54, 1.807) is 20.8 Å². The summed E-state index contributed by atoms with van der Waals surface area (Å²) in [5.41, 5.74) is -2.24. The number of hydrogen-bond acceptors (Lipinski definition) is 1. The summed E-state index contributed by atoms with van der Waals surface area (Å²) >= 11 is 0. The van der Waals surface area contributed by atoms with E-state index in [-0.39, 0.29) is 0 Å². The Bertz CT molecular complexity index is 309. The first kappa shape index (κ1) is 16.6. The van der Waals surface area contributed by atoms with Gasteiger partial charge in [-0.25, -0.2) is 8.93 Å². The van der Waals surface area contributed by atoms with Gasteiger partial charge in [-0.3, -0.25) is 0 Å². The topological polar surface area (TPSA) is 29.1 Å². The minimum absolute atomic E-state index is 0.757. The fourth-order valence-electron chi connectivity index (χ4n) is 0.990. The van der Waals surface area contributed by atoms with Crippen molar-refractivity contribution in [3.05, 3.63) is 12.7 Å². The van der Waals surface area contributed by atoms with Gasteiger partial charge in [0.1, 0.15) is 5.54 Å². The van der Waals surface area contributed by atoms with Gasteiger partial charge < -0.3 is 0 Å². The van der Waals surface area contributed by atoms with E-state index >= 15 is 0 Å². The summed E-state index contributed by atoms with van der Waals surface area (Å²) in [4.78, 5) is 0. The molecule has 0 heterocycles. The molecule has 3 unspecified atom stereocenters. The Balaban J connectivity index is 5.25. The average Bonchev–Trinajstić information content (AvgIpc) is 2.12. The summed E-state index contributed by atoms with van der Waals surface area (Å²) in [5.74, 6) is -0.881. The minimum Gasteiger partial charge on any atom is -0.242 e. The minimum atomic E-state index is -4.50. The number of rotatable bonds is 4. The van der Waals surface area contributed by atoms with Gasteiger partial charge in [-0.2, -0.15) is 13.2 Å². The van der Waals surface area contributed by atoms with Crippen LogP contribution >= 0.6 is 0 Å². The number of hydrogen-bond donors (Lipinski definition) is 1. The third kappa shape index (κ3) is 3.81. The Kier molecular flexibility index (Phi) is 4.99. The fraction of sp³-hybridized carbons (Fsp3) is 0.818. The third-order valence-electron chi connectivity index (χ3n) is 2.71. The number of alkyl halides is 3. The molecule has 0 aromatic rings. The standard InChI is InChI=1S/C11H20F3NOS/c1-7-8(2)10(6,11(12,13)14)15-17(16)9(3,4)5/h7-8,15H,1H2,2-6H3. The molecule has 1 N–H and O–H groups in total. The van der Waals surface area contributed by atoms with E-state index in [2.05, 4.69) is 11.3 Å². The molecule has 0 fully saturated rings. The molecule has 0 bridgehead atoms. The third-order valence-corrected chi connectivity index (χ3v) is 4.44. The normalized spacial score (nSPS) is 20.5. The lowest BCUT2D eigenvalue weighted by molar-refractivity contribution is -0.194. The first-order valence-electron chi connectivity index (χ1n) is 5.25. The van der Waals surface area contributed by atoms with Crippen LogP contribution in [-0.2, 0) is 11.0 Å². The predicted octanol–water partition coefficient (Wildman–Crippen LogP) is 3.18. The van der Waals surface area contributed by atoms with Crippen LogP contribution in [0.25, 0.3) is 0 Å². The monoisotopic (exact) mass is 271 g/mol. The van der Waals surface area contributed by atoms with Crippen molar-refractivity contribution in [2.24, 2.45) is 5.92 Å². The maximum atomic E-state index is 13.0. The largest absolute Gasteiger partial charge is 0.407 e. The molecule has 0 aliphatic rings. The van der Waals surface area contributed by atoms with E-state index in [9.17, 15) is 17.4 Å². The van der Waals surface area contributed by atoms with Crippen LogP contribution in [-0.4, -0.2) is 20.7 Å². The molecular formula is C11H20F3NOS. The molecule has 0 aliphatic heterocycles. The predicted molar refractivity (Wildman–Crippen MR) is 64.9 cm³/mol. The van der Waals surface area contributed by atoms with Crippen LogP contribution in [0, 0.1) is 5.92 Å². The van der Waals surface area contributed by atoms with Crippen LogP contribution in [0.3, 0.4) is 0 Å². The SMILES string of the molecule is C=CC(C)C(C)(NS(=O)C(C)(C)C)C(F)(F)F. The van der Waals surface area contributed by atoms with Crippen LogP contribution < -0.4 is 4.72 Å². The van der Waals surface area contributed by atoms with E-state index in [1.807, 2.05) is 0 Å². The molecule has 0 radical (unpaired) electrons. The van der Waals surface area contributed by atoms with Crippen molar-refractivity contribution in [2.75, 3.05) is 0 Å². The molecule has 0 rings (SSSR count). The van der Waals surface area contributed by atoms with Gasteiger partial charge in [-0.15, -0.1) is 6.58 Å². The second kappa shape index (κ2) is 5.10. The molecule has 0 aliphatic carbocycles. The van der Waals surface area contributed by atoms with Crippen molar-refractivity contribution in [3.63, 3.8) is 0 Å². The molecule has 102 valence electrons. The van der Waals surface area contributed by atoms with E-state index in [0.717, 1.165) is 6.92 Å². The summed E-state index contributed by atoms with van der Waals surface area (Å²) in [7, 11) is -1.79. The summed E-state index contributed by atoms with van der Waals surface area (Å²) in [5, 5.41) is 0. The van der Waals surface area contributed by atoms with Gasteiger partial charge in [0.2, 0.25) is 0 Å². The van der Waals surface area contributed by atoms with Crippen molar-refractivity contribution >= 4 is 11.0 Å². The summed E-state index contributed by atoms with van der Waals surface area (Å²) in [6.45, 7) is 10.6. The number of halogens is 3. The highest BCUT2D eigenvalue weighted by Gasteiger charge is 2.55. The lowest BCUT2D eigenvalue weighted by Crippen LogP contribution is -2.60. The molecule has 0 amide bonds. The molecule has 3 atom stereocenters. The highest BCUT2D eigenvalue weighted by molar-refractivity contribution is 7.84. The Morgan fingerprint density at radius 2 is 1.65 bits per heavy atom. The van der Waals surface area contributed by atoms with Crippen LogP contribution in [0.5, 0.6) is 0 Å². The quantitative estimate of drug-likeness (QED) is 0.782. The number of nitrogens with one attached hydrogen (secondary N) is 1. The van der Waals surface area contributed by atoms with Crippen LogP contribution in [0.4, 0.5) is 13.2 Å². The maximum Gasteiger partial charge on any atom is 0.407 e. The lowest BCUT2D eigenvalue weighted by atomic mass is 9.87. The van der Waals surface area contributed by atoms with Gasteiger partial charge in [0.15, 0.2) is 0 Å². The van der Waals surface area contributed by atoms with Crippen LogP contribution in [0.15, 0.2) is 12.7 Å². The Morgan fingerprint density at radius 1 is 1.24 bits per heavy atom. The first-order chi connectivity index (χ1) is 7.36. The molecule has 2 nitrogen and oxygen atoms in total. The zero-order valence-electron chi connectivity index (χ0n) is 10.8. The van der Waals surface area contributed by atoms with Crippen molar-refractivity contribution in [1.29, 1.82) is 0 Å². The molecule has 0 spiro atoms. The van der Waals surface area contributed by atoms with Crippen LogP contribution in [0.2, 0.25) is 0 Å². The zero-order valence-corrected chi connectivity index (χ0v) is 11.6. The van der Waals surface area contributed by atoms with Crippen molar-refractivity contribution < 1.29 is 17.4 Å². The molecule has 17 heavy (non-hydrogen) atoms. The van der Waals surface area contributed by atoms with E-state index in [0.29, 0.717) is 0 Å². The van der Waals surface area contributed by atoms with Gasteiger partial charge >= 0.3 is 6.18 Å². The van der Waals surface area contributed by atoms with Crippen LogP contribution in [0.1, 0.15) is 34.6 Å². The summed E-state index contributed by atoms with van der Waals surface area (Å²) < 4.78 is 52.4. The second-order valence-corrected chi connectivity index (χ2v) is 7.17. The molecular weight excluding hydrogens is 251 g/mol. The molecule has 0 aromatic heterocycles. The van der Waals surface area contributed by atoms with Gasteiger partial charge in [0.25, 0.3) is 0 Å². The van der Waals surface area contributed by atoms with Gasteiger partial charge in [0.05, 0.1) is 15.7 Å². The highest BCUT2D eigenvalue weighted by atomic mass is 32.2. The van der Waals surface area contributed by atoms with Gasteiger partial charge in [0, 0.05) is 5.92 Å². The van der Waals surface area contributed by atoms with E-state index < -0.39 is 33.4 Å². The lowest BCUT2D eigenvalue weighted by Gasteiger charge is -2.38. The van der Waals surface area contributed by atoms with Crippen molar-refractivity contribution in [2.45, 2.75) is 51.1 Å². The zero-order chi connectivity index (χ0) is 14.1. The fourth-order valence-corrected chi connectivity index (χ4v) is 1.98. The summed E-state index contributed by atoms with van der Waals surface area (Å²) in [6, 6.07) is 0. The van der Waals surface area contributed by atoms with Crippen molar-refractivity contribution in [3.8, 4) is 0 Å². The average molecular weight is 271 g/mol. The van der Waals surface area contributed by atoms with E-state index in [1.165, 1.54) is 13.0 Å². The second-order valence-electron chi connectivity index (χ2n) is 5.21. The molecule has 0 saturated carbocycles. The highest BCUT2D eigenvalue weighted by Crippen LogP contribution is 2.37. The maximum absolute atomic E-state index is 13.0. The Hall–Kier alpha value is -0.360. The Morgan fingerprint density at radius 3 is 1.88 bits per heavy atom. The molecule has 0 aromatic carbocycles. The van der Waals surface area contributed by atoms with Crippen molar-refractivity contribution in [1.82, 2.24) is 4.72 Å². The smallest absolute Gasteiger partial charge is 0.242 e. The van der Waals surface area contributed by atoms with Gasteiger partial charge in [-0.1, -0.05) is 13.0 Å². The molecule has 6 heteroatoms. The van der Waals surface area contributed by atoms with E-state index in [4.69, 9.17) is 0 Å². The first-order valence-corrected chi connectivity index (χ1v) is 6.40. The Labute approximate surface area is 103 Å². The van der Waals surface area contributed by atoms with Gasteiger partial charge in [-0.05, 0) is 27.7 Å². The molecule has 0 saturated heterocycles.